The fourth-order valence-electron chi connectivity index (χ4n) is 3.21. The number of nitrogens with one attached hydrogen (secondary N) is 1. The van der Waals surface area contributed by atoms with Crippen LogP contribution < -0.4 is 5.32 Å². The average Bonchev–Trinajstić information content (AvgIpc) is 2.77. The zero-order chi connectivity index (χ0) is 12.9. The molecule has 0 radical (unpaired) electrons. The minimum absolute atomic E-state index is 0.0337. The molecule has 1 aromatic rings. The van der Waals surface area contributed by atoms with Crippen LogP contribution >= 0.6 is 11.3 Å². The Morgan fingerprint density at radius 2 is 2.00 bits per heavy atom. The third-order valence-electron chi connectivity index (χ3n) is 4.14. The Labute approximate surface area is 108 Å². The average molecular weight is 276 g/mol. The van der Waals surface area contributed by atoms with Crippen LogP contribution in [0.5, 0.6) is 0 Å². The lowest BCUT2D eigenvalue weighted by Crippen LogP contribution is -2.23. The second kappa shape index (κ2) is 4.20. The quantitative estimate of drug-likeness (QED) is 0.914. The Hall–Kier alpha value is -0.620. The van der Waals surface area contributed by atoms with Crippen molar-refractivity contribution in [1.82, 2.24) is 10.3 Å². The second-order valence-corrected chi connectivity index (χ2v) is 6.38. The van der Waals surface area contributed by atoms with Crippen LogP contribution in [0.2, 0.25) is 0 Å². The molecule has 0 saturated heterocycles. The Bertz CT molecular complexity index is 433. The molecule has 18 heavy (non-hydrogen) atoms. The van der Waals surface area contributed by atoms with Crippen molar-refractivity contribution < 1.29 is 13.2 Å². The number of thiazole rings is 1. The van der Waals surface area contributed by atoms with Gasteiger partial charge in [0, 0.05) is 17.1 Å². The lowest BCUT2D eigenvalue weighted by molar-refractivity contribution is -0.137. The fraction of sp³-hybridized carbons (Fsp3) is 0.750. The molecule has 2 saturated carbocycles. The molecule has 2 aliphatic rings. The molecule has 2 nitrogen and oxygen atoms in total. The molecule has 0 bridgehead atoms. The van der Waals surface area contributed by atoms with Crippen molar-refractivity contribution >= 4 is 11.3 Å². The highest BCUT2D eigenvalue weighted by atomic mass is 32.1. The maximum absolute atomic E-state index is 12.5. The summed E-state index contributed by atoms with van der Waals surface area (Å²) in [6.45, 7) is 0. The number of rotatable bonds is 3. The van der Waals surface area contributed by atoms with Crippen molar-refractivity contribution in [1.29, 1.82) is 0 Å². The van der Waals surface area contributed by atoms with Crippen molar-refractivity contribution in [3.8, 4) is 0 Å². The summed E-state index contributed by atoms with van der Waals surface area (Å²) in [5.74, 6) is 2.14. The molecule has 2 aliphatic carbocycles. The van der Waals surface area contributed by atoms with E-state index in [2.05, 4.69) is 10.3 Å². The number of halogens is 3. The van der Waals surface area contributed by atoms with Gasteiger partial charge in [-0.15, -0.1) is 11.3 Å². The van der Waals surface area contributed by atoms with Gasteiger partial charge in [0.2, 0.25) is 0 Å². The highest BCUT2D eigenvalue weighted by Crippen LogP contribution is 2.57. The summed E-state index contributed by atoms with van der Waals surface area (Å²) in [7, 11) is 1.82. The smallest absolute Gasteiger partial charge is 0.312 e. The SMILES string of the molecule is CNC(c1cnc(C(F)(F)F)s1)C1CC2CC2C1. The molecule has 1 N–H and O–H groups in total. The van der Waals surface area contributed by atoms with Gasteiger partial charge in [-0.2, -0.15) is 13.2 Å². The lowest BCUT2D eigenvalue weighted by Gasteiger charge is -2.22. The van der Waals surface area contributed by atoms with Crippen LogP contribution in [0.4, 0.5) is 13.2 Å². The van der Waals surface area contributed by atoms with Gasteiger partial charge in [-0.25, -0.2) is 4.98 Å². The van der Waals surface area contributed by atoms with E-state index in [0.717, 1.165) is 40.9 Å². The molecule has 0 aromatic carbocycles. The Kier molecular flexibility index (Phi) is 2.90. The normalized spacial score (nSPS) is 32.3. The Morgan fingerprint density at radius 1 is 1.33 bits per heavy atom. The van der Waals surface area contributed by atoms with E-state index >= 15 is 0 Å². The summed E-state index contributed by atoms with van der Waals surface area (Å²) < 4.78 is 37.6. The monoisotopic (exact) mass is 276 g/mol. The molecule has 0 spiro atoms. The summed E-state index contributed by atoms with van der Waals surface area (Å²) in [5.41, 5.74) is 0. The summed E-state index contributed by atoms with van der Waals surface area (Å²) in [6.07, 6.45) is 0.686. The minimum Gasteiger partial charge on any atom is -0.312 e. The van der Waals surface area contributed by atoms with E-state index in [-0.39, 0.29) is 6.04 Å². The number of hydrogen-bond donors (Lipinski definition) is 1. The van der Waals surface area contributed by atoms with E-state index in [1.807, 2.05) is 7.05 Å². The highest BCUT2D eigenvalue weighted by molar-refractivity contribution is 7.11. The zero-order valence-electron chi connectivity index (χ0n) is 10.00. The van der Waals surface area contributed by atoms with Gasteiger partial charge in [-0.05, 0) is 44.1 Å². The van der Waals surface area contributed by atoms with Crippen LogP contribution in [0.1, 0.15) is 35.2 Å². The lowest BCUT2D eigenvalue weighted by atomic mass is 9.94. The van der Waals surface area contributed by atoms with E-state index in [9.17, 15) is 13.2 Å². The molecule has 3 unspecified atom stereocenters. The van der Waals surface area contributed by atoms with E-state index < -0.39 is 11.2 Å². The number of nitrogens with zero attached hydrogens (tertiary/aromatic N) is 1. The Morgan fingerprint density at radius 3 is 2.50 bits per heavy atom. The largest absolute Gasteiger partial charge is 0.443 e. The zero-order valence-corrected chi connectivity index (χ0v) is 10.8. The fourth-order valence-corrected chi connectivity index (χ4v) is 4.19. The van der Waals surface area contributed by atoms with Crippen molar-refractivity contribution in [2.75, 3.05) is 7.05 Å². The van der Waals surface area contributed by atoms with Crippen LogP contribution in [0.25, 0.3) is 0 Å². The van der Waals surface area contributed by atoms with Crippen LogP contribution in [-0.4, -0.2) is 12.0 Å². The third-order valence-corrected chi connectivity index (χ3v) is 5.26. The minimum atomic E-state index is -4.32. The second-order valence-electron chi connectivity index (χ2n) is 5.32. The van der Waals surface area contributed by atoms with Crippen LogP contribution in [0, 0.1) is 17.8 Å². The predicted molar refractivity (Wildman–Crippen MR) is 63.2 cm³/mol. The van der Waals surface area contributed by atoms with Gasteiger partial charge in [0.15, 0.2) is 5.01 Å². The molecule has 2 fully saturated rings. The van der Waals surface area contributed by atoms with E-state index in [0.29, 0.717) is 5.92 Å². The maximum atomic E-state index is 12.5. The molecule has 0 aliphatic heterocycles. The first-order valence-corrected chi connectivity index (χ1v) is 7.01. The first-order chi connectivity index (χ1) is 8.49. The molecular weight excluding hydrogens is 261 g/mol. The standard InChI is InChI=1S/C12H15F3N2S/c1-16-10(8-3-6-2-7(6)4-8)9-5-17-11(18-9)12(13,14)15/h5-8,10,16H,2-4H2,1H3. The summed E-state index contributed by atoms with van der Waals surface area (Å²) >= 11 is 0.777. The van der Waals surface area contributed by atoms with Gasteiger partial charge in [0.1, 0.15) is 0 Å². The van der Waals surface area contributed by atoms with Gasteiger partial charge in [0.05, 0.1) is 0 Å². The van der Waals surface area contributed by atoms with Gasteiger partial charge >= 0.3 is 6.18 Å². The Balaban J connectivity index is 1.77. The summed E-state index contributed by atoms with van der Waals surface area (Å²) in [6, 6.07) is 0.0337. The summed E-state index contributed by atoms with van der Waals surface area (Å²) in [4.78, 5) is 4.23. The molecule has 1 aromatic heterocycles. The van der Waals surface area contributed by atoms with Gasteiger partial charge in [0.25, 0.3) is 0 Å². The van der Waals surface area contributed by atoms with Gasteiger partial charge in [-0.3, -0.25) is 0 Å². The van der Waals surface area contributed by atoms with Gasteiger partial charge < -0.3 is 5.32 Å². The summed E-state index contributed by atoms with van der Waals surface area (Å²) in [5, 5.41) is 2.43. The van der Waals surface area contributed by atoms with Crippen molar-refractivity contribution in [3.05, 3.63) is 16.1 Å². The maximum Gasteiger partial charge on any atom is 0.443 e. The van der Waals surface area contributed by atoms with Crippen LogP contribution in [0.3, 0.4) is 0 Å². The first-order valence-electron chi connectivity index (χ1n) is 6.19. The van der Waals surface area contributed by atoms with Crippen LogP contribution in [0.15, 0.2) is 6.20 Å². The van der Waals surface area contributed by atoms with Gasteiger partial charge in [-0.1, -0.05) is 0 Å². The van der Waals surface area contributed by atoms with E-state index in [1.165, 1.54) is 12.6 Å². The first kappa shape index (κ1) is 12.4. The van der Waals surface area contributed by atoms with E-state index in [1.54, 1.807) is 0 Å². The topological polar surface area (TPSA) is 24.9 Å². The molecule has 3 rings (SSSR count). The predicted octanol–water partition coefficient (Wildman–Crippen LogP) is 3.47. The van der Waals surface area contributed by atoms with Crippen molar-refractivity contribution in [2.24, 2.45) is 17.8 Å². The molecular formula is C12H15F3N2S. The van der Waals surface area contributed by atoms with Crippen molar-refractivity contribution in [3.63, 3.8) is 0 Å². The highest BCUT2D eigenvalue weighted by Gasteiger charge is 2.48. The molecule has 0 amide bonds. The third kappa shape index (κ3) is 2.16. The molecule has 3 atom stereocenters. The number of aromatic nitrogens is 1. The van der Waals surface area contributed by atoms with E-state index in [4.69, 9.17) is 0 Å². The van der Waals surface area contributed by atoms with Crippen LogP contribution in [-0.2, 0) is 6.18 Å². The van der Waals surface area contributed by atoms with Crippen molar-refractivity contribution in [2.45, 2.75) is 31.5 Å². The molecule has 6 heteroatoms. The number of fused-ring (bicyclic) bond motifs is 1. The number of hydrogen-bond acceptors (Lipinski definition) is 3. The molecule has 100 valence electrons. The number of alkyl halides is 3. The molecule has 1 heterocycles.